The Kier molecular flexibility index (Phi) is 3.78. The van der Waals surface area contributed by atoms with Gasteiger partial charge < -0.3 is 4.52 Å². The highest BCUT2D eigenvalue weighted by Gasteiger charge is 2.09. The molecule has 0 spiro atoms. The first kappa shape index (κ1) is 11.8. The molecule has 6 heteroatoms. The summed E-state index contributed by atoms with van der Waals surface area (Å²) < 4.78 is 17.5. The first-order chi connectivity index (χ1) is 7.63. The van der Waals surface area contributed by atoms with Crippen LogP contribution < -0.4 is 0 Å². The summed E-state index contributed by atoms with van der Waals surface area (Å²) in [6.07, 6.45) is 0. The van der Waals surface area contributed by atoms with Gasteiger partial charge in [-0.15, -0.1) is 11.3 Å². The Bertz CT molecular complexity index is 462. The van der Waals surface area contributed by atoms with Crippen LogP contribution in [-0.2, 0) is 22.3 Å². The molecule has 2 aromatic rings. The van der Waals surface area contributed by atoms with Gasteiger partial charge in [-0.2, -0.15) is 0 Å². The van der Waals surface area contributed by atoms with Crippen molar-refractivity contribution in [2.45, 2.75) is 18.4 Å². The molecule has 1 atom stereocenters. The van der Waals surface area contributed by atoms with E-state index in [1.54, 1.807) is 6.07 Å². The number of nitrogens with zero attached hydrogens (tertiary/aromatic N) is 1. The highest BCUT2D eigenvalue weighted by molar-refractivity contribution is 7.83. The van der Waals surface area contributed by atoms with Crippen LogP contribution in [0.4, 0.5) is 0 Å². The predicted molar refractivity (Wildman–Crippen MR) is 66.1 cm³/mol. The minimum absolute atomic E-state index is 0.399. The van der Waals surface area contributed by atoms with E-state index < -0.39 is 10.8 Å². The molecule has 2 rings (SSSR count). The SMILES string of the molecule is Cc1cc(CS(=O)Cc2ccc(Cl)s2)on1. The van der Waals surface area contributed by atoms with Crippen LogP contribution >= 0.6 is 22.9 Å². The van der Waals surface area contributed by atoms with E-state index in [0.29, 0.717) is 17.3 Å². The van der Waals surface area contributed by atoms with Gasteiger partial charge in [0.15, 0.2) is 0 Å². The molecule has 3 nitrogen and oxygen atoms in total. The lowest BCUT2D eigenvalue weighted by atomic mass is 10.4. The van der Waals surface area contributed by atoms with Crippen LogP contribution in [0.25, 0.3) is 0 Å². The summed E-state index contributed by atoms with van der Waals surface area (Å²) >= 11 is 7.26. The smallest absolute Gasteiger partial charge is 0.149 e. The van der Waals surface area contributed by atoms with Gasteiger partial charge in [-0.05, 0) is 19.1 Å². The number of aromatic nitrogens is 1. The maximum atomic E-state index is 11.8. The number of thiophene rings is 1. The zero-order valence-corrected chi connectivity index (χ0v) is 11.0. The summed E-state index contributed by atoms with van der Waals surface area (Å²) in [6, 6.07) is 5.52. The third-order valence-corrected chi connectivity index (χ3v) is 4.57. The molecule has 0 aliphatic heterocycles. The van der Waals surface area contributed by atoms with Crippen molar-refractivity contribution in [1.82, 2.24) is 5.16 Å². The van der Waals surface area contributed by atoms with E-state index >= 15 is 0 Å². The first-order valence-corrected chi connectivity index (χ1v) is 7.33. The van der Waals surface area contributed by atoms with Gasteiger partial charge in [-0.1, -0.05) is 16.8 Å². The fourth-order valence-electron chi connectivity index (χ4n) is 1.28. The van der Waals surface area contributed by atoms with Crippen molar-refractivity contribution >= 4 is 33.7 Å². The summed E-state index contributed by atoms with van der Waals surface area (Å²) in [4.78, 5) is 1.03. The number of rotatable bonds is 4. The van der Waals surface area contributed by atoms with Crippen molar-refractivity contribution in [3.8, 4) is 0 Å². The Labute approximate surface area is 105 Å². The number of hydrogen-bond donors (Lipinski definition) is 0. The van der Waals surface area contributed by atoms with E-state index in [9.17, 15) is 4.21 Å². The third-order valence-electron chi connectivity index (χ3n) is 1.91. The fraction of sp³-hybridized carbons (Fsp3) is 0.300. The fourth-order valence-corrected chi connectivity index (χ4v) is 3.76. The second-order valence-electron chi connectivity index (χ2n) is 3.37. The maximum absolute atomic E-state index is 11.8. The van der Waals surface area contributed by atoms with Crippen molar-refractivity contribution in [3.63, 3.8) is 0 Å². The zero-order valence-electron chi connectivity index (χ0n) is 8.60. The van der Waals surface area contributed by atoms with Gasteiger partial charge in [0.25, 0.3) is 0 Å². The Morgan fingerprint density at radius 3 is 2.88 bits per heavy atom. The molecule has 2 heterocycles. The average molecular weight is 276 g/mol. The lowest BCUT2D eigenvalue weighted by Crippen LogP contribution is -1.96. The molecule has 0 N–H and O–H groups in total. The lowest BCUT2D eigenvalue weighted by Gasteiger charge is -1.96. The van der Waals surface area contributed by atoms with Crippen LogP contribution in [0.5, 0.6) is 0 Å². The van der Waals surface area contributed by atoms with Gasteiger partial charge in [0.2, 0.25) is 0 Å². The van der Waals surface area contributed by atoms with E-state index in [0.717, 1.165) is 14.9 Å². The molecule has 16 heavy (non-hydrogen) atoms. The maximum Gasteiger partial charge on any atom is 0.149 e. The first-order valence-electron chi connectivity index (χ1n) is 4.65. The van der Waals surface area contributed by atoms with Crippen LogP contribution in [-0.4, -0.2) is 9.37 Å². The molecule has 0 saturated heterocycles. The van der Waals surface area contributed by atoms with E-state index in [1.165, 1.54) is 11.3 Å². The minimum atomic E-state index is -0.977. The molecule has 0 bridgehead atoms. The van der Waals surface area contributed by atoms with Crippen molar-refractivity contribution in [2.75, 3.05) is 0 Å². The summed E-state index contributed by atoms with van der Waals surface area (Å²) in [5.74, 6) is 1.58. The van der Waals surface area contributed by atoms with Crippen LogP contribution in [0.2, 0.25) is 4.34 Å². The van der Waals surface area contributed by atoms with Gasteiger partial charge in [0, 0.05) is 21.7 Å². The zero-order chi connectivity index (χ0) is 11.5. The molecule has 0 fully saturated rings. The van der Waals surface area contributed by atoms with Crippen LogP contribution in [0.1, 0.15) is 16.3 Å². The quantitative estimate of drug-likeness (QED) is 0.861. The minimum Gasteiger partial charge on any atom is -0.360 e. The van der Waals surface area contributed by atoms with Crippen molar-refractivity contribution in [2.24, 2.45) is 0 Å². The highest BCUT2D eigenvalue weighted by Crippen LogP contribution is 2.23. The molecule has 0 amide bonds. The second-order valence-corrected chi connectivity index (χ2v) is 6.63. The van der Waals surface area contributed by atoms with Crippen molar-refractivity contribution < 1.29 is 8.73 Å². The van der Waals surface area contributed by atoms with Gasteiger partial charge in [-0.3, -0.25) is 4.21 Å². The molecule has 0 aromatic carbocycles. The third kappa shape index (κ3) is 3.17. The summed E-state index contributed by atoms with van der Waals surface area (Å²) in [5.41, 5.74) is 0.811. The van der Waals surface area contributed by atoms with E-state index in [4.69, 9.17) is 16.1 Å². The predicted octanol–water partition coefficient (Wildman–Crippen LogP) is 3.15. The summed E-state index contributed by atoms with van der Waals surface area (Å²) in [7, 11) is -0.977. The Hall–Kier alpha value is -0.650. The number of hydrogen-bond acceptors (Lipinski definition) is 4. The molecule has 86 valence electrons. The molecular formula is C10H10ClNO2S2. The molecule has 0 radical (unpaired) electrons. The van der Waals surface area contributed by atoms with E-state index in [2.05, 4.69) is 5.16 Å². The molecule has 0 aliphatic carbocycles. The number of aryl methyl sites for hydroxylation is 1. The Morgan fingerprint density at radius 2 is 2.31 bits per heavy atom. The largest absolute Gasteiger partial charge is 0.360 e. The Morgan fingerprint density at radius 1 is 1.50 bits per heavy atom. The van der Waals surface area contributed by atoms with Crippen molar-refractivity contribution in [1.29, 1.82) is 0 Å². The number of halogens is 1. The average Bonchev–Trinajstić information content (AvgIpc) is 2.76. The van der Waals surface area contributed by atoms with Crippen LogP contribution in [0, 0.1) is 6.92 Å². The Balaban J connectivity index is 1.94. The van der Waals surface area contributed by atoms with Crippen molar-refractivity contribution in [3.05, 3.63) is 38.9 Å². The van der Waals surface area contributed by atoms with Gasteiger partial charge >= 0.3 is 0 Å². The van der Waals surface area contributed by atoms with E-state index in [-0.39, 0.29) is 0 Å². The molecule has 0 aliphatic rings. The van der Waals surface area contributed by atoms with Crippen LogP contribution in [0.3, 0.4) is 0 Å². The topological polar surface area (TPSA) is 43.1 Å². The van der Waals surface area contributed by atoms with Gasteiger partial charge in [0.1, 0.15) is 5.76 Å². The normalized spacial score (nSPS) is 12.9. The summed E-state index contributed by atoms with van der Waals surface area (Å²) in [5, 5.41) is 3.75. The van der Waals surface area contributed by atoms with Gasteiger partial charge in [-0.25, -0.2) is 0 Å². The second kappa shape index (κ2) is 5.12. The lowest BCUT2D eigenvalue weighted by molar-refractivity contribution is 0.390. The highest BCUT2D eigenvalue weighted by atomic mass is 35.5. The van der Waals surface area contributed by atoms with E-state index in [1.807, 2.05) is 19.1 Å². The molecule has 2 aromatic heterocycles. The monoisotopic (exact) mass is 275 g/mol. The molecular weight excluding hydrogens is 266 g/mol. The standard InChI is InChI=1S/C10H10ClNO2S2/c1-7-4-8(14-12-7)5-16(13)6-9-2-3-10(11)15-9/h2-4H,5-6H2,1H3. The summed E-state index contributed by atoms with van der Waals surface area (Å²) in [6.45, 7) is 1.84. The molecule has 1 unspecified atom stereocenters. The van der Waals surface area contributed by atoms with Crippen LogP contribution in [0.15, 0.2) is 22.7 Å². The molecule has 0 saturated carbocycles. The van der Waals surface area contributed by atoms with Gasteiger partial charge in [0.05, 0.1) is 21.5 Å².